The SMILES string of the molecule is C=CCN1C(=O)N[C@@H](c2ccc(Cl)cc2)C2=C1CN([C@@H](Cc1ccccc1)C(=O)NCc1ccccc1)C2=O. The first-order valence-corrected chi connectivity index (χ1v) is 13.2. The van der Waals surface area contributed by atoms with Gasteiger partial charge in [0.2, 0.25) is 5.91 Å². The van der Waals surface area contributed by atoms with Crippen LogP contribution in [0.4, 0.5) is 4.79 Å². The second-order valence-corrected chi connectivity index (χ2v) is 9.97. The summed E-state index contributed by atoms with van der Waals surface area (Å²) >= 11 is 6.10. The molecule has 0 spiro atoms. The van der Waals surface area contributed by atoms with Crippen molar-refractivity contribution in [2.75, 3.05) is 13.1 Å². The number of amides is 4. The molecule has 2 aliphatic rings. The second-order valence-electron chi connectivity index (χ2n) is 9.54. The van der Waals surface area contributed by atoms with E-state index in [-0.39, 0.29) is 30.9 Å². The normalized spacial score (nSPS) is 17.5. The smallest absolute Gasteiger partial charge is 0.322 e. The van der Waals surface area contributed by atoms with Gasteiger partial charge in [0.1, 0.15) is 6.04 Å². The number of carbonyl (C=O) groups excluding carboxylic acids is 3. The Kier molecular flexibility index (Phi) is 7.79. The molecule has 0 saturated carbocycles. The van der Waals surface area contributed by atoms with Gasteiger partial charge in [0.15, 0.2) is 0 Å². The highest BCUT2D eigenvalue weighted by Crippen LogP contribution is 2.37. The quantitative estimate of drug-likeness (QED) is 0.389. The van der Waals surface area contributed by atoms with E-state index in [1.807, 2.05) is 60.7 Å². The number of carbonyl (C=O) groups is 3. The number of halogens is 1. The van der Waals surface area contributed by atoms with Crippen LogP contribution in [-0.4, -0.2) is 46.8 Å². The predicted molar refractivity (Wildman–Crippen MR) is 151 cm³/mol. The molecule has 2 N–H and O–H groups in total. The average Bonchev–Trinajstić information content (AvgIpc) is 3.30. The van der Waals surface area contributed by atoms with E-state index in [0.717, 1.165) is 16.7 Å². The van der Waals surface area contributed by atoms with Crippen LogP contribution >= 0.6 is 11.6 Å². The molecule has 4 amide bonds. The third kappa shape index (κ3) is 5.59. The number of hydrogen-bond donors (Lipinski definition) is 2. The molecular weight excluding hydrogens is 512 g/mol. The summed E-state index contributed by atoms with van der Waals surface area (Å²) in [6, 6.07) is 24.5. The Hall–Kier alpha value is -4.36. The third-order valence-corrected chi connectivity index (χ3v) is 7.28. The molecule has 2 atom stereocenters. The summed E-state index contributed by atoms with van der Waals surface area (Å²) in [6.45, 7) is 4.50. The molecule has 3 aromatic carbocycles. The lowest BCUT2D eigenvalue weighted by atomic mass is 9.95. The van der Waals surface area contributed by atoms with Crippen molar-refractivity contribution >= 4 is 29.4 Å². The Balaban J connectivity index is 1.48. The van der Waals surface area contributed by atoms with Gasteiger partial charge in [-0.25, -0.2) is 4.79 Å². The fraction of sp³-hybridized carbons (Fsp3) is 0.194. The van der Waals surface area contributed by atoms with E-state index in [0.29, 0.717) is 29.3 Å². The van der Waals surface area contributed by atoms with Crippen molar-refractivity contribution in [3.63, 3.8) is 0 Å². The zero-order chi connectivity index (χ0) is 27.4. The highest BCUT2D eigenvalue weighted by molar-refractivity contribution is 6.30. The molecule has 5 rings (SSSR count). The molecule has 0 unspecified atom stereocenters. The van der Waals surface area contributed by atoms with Crippen LogP contribution in [0.5, 0.6) is 0 Å². The molecule has 198 valence electrons. The van der Waals surface area contributed by atoms with Crippen LogP contribution in [0.25, 0.3) is 0 Å². The minimum Gasteiger partial charge on any atom is -0.350 e. The molecule has 39 heavy (non-hydrogen) atoms. The summed E-state index contributed by atoms with van der Waals surface area (Å²) in [6.07, 6.45) is 1.95. The van der Waals surface area contributed by atoms with Gasteiger partial charge in [-0.15, -0.1) is 6.58 Å². The lowest BCUT2D eigenvalue weighted by Crippen LogP contribution is -2.49. The third-order valence-electron chi connectivity index (χ3n) is 7.03. The molecule has 0 radical (unpaired) electrons. The maximum Gasteiger partial charge on any atom is 0.322 e. The Morgan fingerprint density at radius 2 is 1.64 bits per heavy atom. The van der Waals surface area contributed by atoms with Crippen LogP contribution in [0.1, 0.15) is 22.7 Å². The maximum atomic E-state index is 14.1. The largest absolute Gasteiger partial charge is 0.350 e. The zero-order valence-corrected chi connectivity index (χ0v) is 22.1. The fourth-order valence-electron chi connectivity index (χ4n) is 5.08. The Morgan fingerprint density at radius 1 is 1.00 bits per heavy atom. The van der Waals surface area contributed by atoms with E-state index in [1.54, 1.807) is 35.2 Å². The van der Waals surface area contributed by atoms with Crippen molar-refractivity contribution in [2.24, 2.45) is 0 Å². The van der Waals surface area contributed by atoms with Gasteiger partial charge in [0.25, 0.3) is 5.91 Å². The monoisotopic (exact) mass is 540 g/mol. The Bertz CT molecular complexity index is 1410. The fourth-order valence-corrected chi connectivity index (χ4v) is 5.20. The molecule has 7 nitrogen and oxygen atoms in total. The summed E-state index contributed by atoms with van der Waals surface area (Å²) in [5, 5.41) is 6.53. The van der Waals surface area contributed by atoms with Gasteiger partial charge in [-0.05, 0) is 28.8 Å². The maximum absolute atomic E-state index is 14.1. The highest BCUT2D eigenvalue weighted by Gasteiger charge is 2.46. The molecular formula is C31H29ClN4O3. The van der Waals surface area contributed by atoms with E-state index >= 15 is 0 Å². The molecule has 8 heteroatoms. The van der Waals surface area contributed by atoms with Gasteiger partial charge in [0.05, 0.1) is 23.9 Å². The van der Waals surface area contributed by atoms with E-state index in [2.05, 4.69) is 17.2 Å². The Morgan fingerprint density at radius 3 is 2.28 bits per heavy atom. The van der Waals surface area contributed by atoms with Crippen molar-refractivity contribution in [1.29, 1.82) is 0 Å². The van der Waals surface area contributed by atoms with Gasteiger partial charge in [-0.3, -0.25) is 14.5 Å². The van der Waals surface area contributed by atoms with Crippen molar-refractivity contribution in [3.05, 3.63) is 131 Å². The predicted octanol–water partition coefficient (Wildman–Crippen LogP) is 4.62. The van der Waals surface area contributed by atoms with Crippen LogP contribution in [0, 0.1) is 0 Å². The number of hydrogen-bond acceptors (Lipinski definition) is 3. The minimum atomic E-state index is -0.777. The minimum absolute atomic E-state index is 0.135. The van der Waals surface area contributed by atoms with Gasteiger partial charge < -0.3 is 15.5 Å². The van der Waals surface area contributed by atoms with Crippen molar-refractivity contribution in [1.82, 2.24) is 20.4 Å². The summed E-state index contributed by atoms with van der Waals surface area (Å²) in [4.78, 5) is 44.0. The zero-order valence-electron chi connectivity index (χ0n) is 21.3. The number of urea groups is 1. The van der Waals surface area contributed by atoms with E-state index in [4.69, 9.17) is 11.6 Å². The van der Waals surface area contributed by atoms with Crippen LogP contribution < -0.4 is 10.6 Å². The van der Waals surface area contributed by atoms with Crippen LogP contribution in [-0.2, 0) is 22.6 Å². The molecule has 0 bridgehead atoms. The van der Waals surface area contributed by atoms with Crippen LogP contribution in [0.3, 0.4) is 0 Å². The molecule has 0 fully saturated rings. The first-order chi connectivity index (χ1) is 19.0. The summed E-state index contributed by atoms with van der Waals surface area (Å²) in [7, 11) is 0. The second kappa shape index (κ2) is 11.6. The van der Waals surface area contributed by atoms with Crippen molar-refractivity contribution in [2.45, 2.75) is 25.0 Å². The topological polar surface area (TPSA) is 81.8 Å². The molecule has 2 heterocycles. The molecule has 0 aromatic heterocycles. The van der Waals surface area contributed by atoms with Gasteiger partial charge in [-0.2, -0.15) is 0 Å². The van der Waals surface area contributed by atoms with Gasteiger partial charge in [-0.1, -0.05) is 90.5 Å². The van der Waals surface area contributed by atoms with Crippen LogP contribution in [0.15, 0.2) is 109 Å². The number of benzene rings is 3. The standard InChI is InChI=1S/C31H29ClN4O3/c1-2-17-35-26-20-36(30(38)27(26)28(34-31(35)39)23-13-15-24(32)16-14-23)25(18-21-9-5-3-6-10-21)29(37)33-19-22-11-7-4-8-12-22/h2-16,25,28H,1,17-20H2,(H,33,37)(H,34,39)/t25-,28-/m0/s1. The summed E-state index contributed by atoms with van der Waals surface area (Å²) < 4.78 is 0. The number of rotatable bonds is 9. The lowest BCUT2D eigenvalue weighted by Gasteiger charge is -2.33. The van der Waals surface area contributed by atoms with Crippen LogP contribution in [0.2, 0.25) is 5.02 Å². The first kappa shape index (κ1) is 26.3. The van der Waals surface area contributed by atoms with Gasteiger partial charge in [0, 0.05) is 24.5 Å². The van der Waals surface area contributed by atoms with E-state index in [1.165, 1.54) is 4.90 Å². The number of nitrogens with zero attached hydrogens (tertiary/aromatic N) is 2. The average molecular weight is 541 g/mol. The van der Waals surface area contributed by atoms with Crippen molar-refractivity contribution < 1.29 is 14.4 Å². The van der Waals surface area contributed by atoms with Crippen molar-refractivity contribution in [3.8, 4) is 0 Å². The lowest BCUT2D eigenvalue weighted by molar-refractivity contribution is -0.136. The summed E-state index contributed by atoms with van der Waals surface area (Å²) in [5.74, 6) is -0.539. The Labute approximate surface area is 232 Å². The molecule has 0 saturated heterocycles. The number of nitrogens with one attached hydrogen (secondary N) is 2. The first-order valence-electron chi connectivity index (χ1n) is 12.8. The summed E-state index contributed by atoms with van der Waals surface area (Å²) in [5.41, 5.74) is 3.66. The molecule has 0 aliphatic carbocycles. The van der Waals surface area contributed by atoms with E-state index in [9.17, 15) is 14.4 Å². The van der Waals surface area contributed by atoms with Gasteiger partial charge >= 0.3 is 6.03 Å². The van der Waals surface area contributed by atoms with E-state index < -0.39 is 12.1 Å². The highest BCUT2D eigenvalue weighted by atomic mass is 35.5. The molecule has 3 aromatic rings. The molecule has 2 aliphatic heterocycles.